The smallest absolute Gasteiger partial charge is 0.322 e. The normalized spacial score (nSPS) is 17.9. The highest BCUT2D eigenvalue weighted by atomic mass is 16.5. The van der Waals surface area contributed by atoms with Crippen molar-refractivity contribution in [2.24, 2.45) is 0 Å². The number of ether oxygens (including phenoxy) is 1. The number of nitrogens with zero attached hydrogens (tertiary/aromatic N) is 1. The van der Waals surface area contributed by atoms with Crippen molar-refractivity contribution < 1.29 is 23.9 Å². The molecule has 1 atom stereocenters. The molecule has 2 fully saturated rings. The summed E-state index contributed by atoms with van der Waals surface area (Å²) in [6, 6.07) is 12.9. The number of imide groups is 1. The van der Waals surface area contributed by atoms with Crippen LogP contribution in [0.5, 0.6) is 5.75 Å². The van der Waals surface area contributed by atoms with Gasteiger partial charge in [-0.25, -0.2) is 4.79 Å². The highest BCUT2D eigenvalue weighted by Crippen LogP contribution is 2.41. The van der Waals surface area contributed by atoms with E-state index >= 15 is 0 Å². The van der Waals surface area contributed by atoms with Crippen molar-refractivity contribution in [2.75, 3.05) is 12.4 Å². The first kappa shape index (κ1) is 23.8. The molecule has 180 valence electrons. The fraction of sp³-hybridized carbons (Fsp3) is 0.320. The van der Waals surface area contributed by atoms with E-state index in [4.69, 9.17) is 4.74 Å². The molecular formula is C25H25N5O5. The molecule has 1 aliphatic carbocycles. The second kappa shape index (κ2) is 9.85. The Kier molecular flexibility index (Phi) is 6.68. The Bertz CT molecular complexity index is 1210. The molecule has 10 heteroatoms. The maximum atomic E-state index is 12.6. The van der Waals surface area contributed by atoms with E-state index in [9.17, 15) is 24.4 Å². The molecule has 0 radical (unpaired) electrons. The van der Waals surface area contributed by atoms with Crippen molar-refractivity contribution in [1.29, 1.82) is 5.26 Å². The predicted molar refractivity (Wildman–Crippen MR) is 125 cm³/mol. The van der Waals surface area contributed by atoms with Crippen LogP contribution in [0.3, 0.4) is 0 Å². The average molecular weight is 476 g/mol. The maximum absolute atomic E-state index is 12.6. The topological polar surface area (TPSA) is 149 Å². The minimum Gasteiger partial charge on any atom is -0.497 e. The fourth-order valence-corrected chi connectivity index (χ4v) is 4.31. The summed E-state index contributed by atoms with van der Waals surface area (Å²) < 4.78 is 5.12. The monoisotopic (exact) mass is 475 g/mol. The van der Waals surface area contributed by atoms with E-state index in [0.29, 0.717) is 22.6 Å². The number of amides is 5. The zero-order valence-corrected chi connectivity index (χ0v) is 19.1. The number of nitrogens with one attached hydrogen (secondary N) is 4. The molecule has 0 bridgehead atoms. The van der Waals surface area contributed by atoms with Gasteiger partial charge in [-0.15, -0.1) is 0 Å². The van der Waals surface area contributed by atoms with Crippen LogP contribution in [0.1, 0.15) is 42.4 Å². The van der Waals surface area contributed by atoms with Gasteiger partial charge in [-0.05, 0) is 54.7 Å². The van der Waals surface area contributed by atoms with E-state index in [1.165, 1.54) is 7.11 Å². The Morgan fingerprint density at radius 2 is 1.89 bits per heavy atom. The Balaban J connectivity index is 1.37. The summed E-state index contributed by atoms with van der Waals surface area (Å²) in [5, 5.41) is 19.7. The van der Waals surface area contributed by atoms with Crippen molar-refractivity contribution in [3.8, 4) is 11.8 Å². The molecule has 2 aromatic rings. The van der Waals surface area contributed by atoms with Gasteiger partial charge in [0.2, 0.25) is 11.8 Å². The molecule has 4 rings (SSSR count). The first-order chi connectivity index (χ1) is 16.8. The van der Waals surface area contributed by atoms with E-state index in [1.807, 2.05) is 12.1 Å². The second-order valence-electron chi connectivity index (χ2n) is 8.64. The zero-order chi connectivity index (χ0) is 25.0. The molecule has 1 aliphatic heterocycles. The number of hydrogen-bond acceptors (Lipinski definition) is 6. The molecule has 0 aromatic heterocycles. The minimum atomic E-state index is -0.871. The first-order valence-electron chi connectivity index (χ1n) is 11.2. The third kappa shape index (κ3) is 5.24. The standard InChI is InChI=1S/C25H25N5O5/c1-35-19-8-3-15(16(11-19)14-26)12-21(31)27-18-6-4-17(5-7-18)25(9-2-10-25)30-22(32)13-20-23(33)29-24(34)28-20/h3-8,11,20H,2,9-10,12-13H2,1H3,(H,27,31)(H,30,32)(H2,28,29,33,34). The summed E-state index contributed by atoms with van der Waals surface area (Å²) in [6.45, 7) is 0. The highest BCUT2D eigenvalue weighted by Gasteiger charge is 2.41. The quantitative estimate of drug-likeness (QED) is 0.428. The minimum absolute atomic E-state index is 0.0416. The molecule has 2 aliphatic rings. The lowest BCUT2D eigenvalue weighted by Crippen LogP contribution is -2.52. The first-order valence-corrected chi connectivity index (χ1v) is 11.2. The van der Waals surface area contributed by atoms with Crippen LogP contribution in [-0.2, 0) is 26.3 Å². The number of benzene rings is 2. The molecule has 1 saturated carbocycles. The lowest BCUT2D eigenvalue weighted by molar-refractivity contribution is -0.128. The summed E-state index contributed by atoms with van der Waals surface area (Å²) >= 11 is 0. The Morgan fingerprint density at radius 1 is 1.14 bits per heavy atom. The number of carbonyl (C=O) groups excluding carboxylic acids is 4. The van der Waals surface area contributed by atoms with Gasteiger partial charge in [-0.2, -0.15) is 5.26 Å². The molecule has 0 spiro atoms. The van der Waals surface area contributed by atoms with E-state index in [0.717, 1.165) is 24.8 Å². The highest BCUT2D eigenvalue weighted by molar-refractivity contribution is 6.05. The van der Waals surface area contributed by atoms with Gasteiger partial charge in [0, 0.05) is 5.69 Å². The number of hydrogen-bond donors (Lipinski definition) is 4. The molecule has 4 N–H and O–H groups in total. The Labute approximate surface area is 202 Å². The summed E-state index contributed by atoms with van der Waals surface area (Å²) in [6.07, 6.45) is 2.36. The summed E-state index contributed by atoms with van der Waals surface area (Å²) in [5.74, 6) is -0.542. The third-order valence-corrected chi connectivity index (χ3v) is 6.34. The zero-order valence-electron chi connectivity index (χ0n) is 19.1. The van der Waals surface area contributed by atoms with Gasteiger partial charge in [0.05, 0.1) is 37.1 Å². The van der Waals surface area contributed by atoms with Crippen molar-refractivity contribution in [2.45, 2.75) is 43.7 Å². The van der Waals surface area contributed by atoms with Gasteiger partial charge in [0.25, 0.3) is 5.91 Å². The van der Waals surface area contributed by atoms with E-state index in [2.05, 4.69) is 27.3 Å². The van der Waals surface area contributed by atoms with Crippen LogP contribution in [0.15, 0.2) is 42.5 Å². The van der Waals surface area contributed by atoms with Gasteiger partial charge in [-0.1, -0.05) is 18.2 Å². The number of anilines is 1. The lowest BCUT2D eigenvalue weighted by Gasteiger charge is -2.43. The number of methoxy groups -OCH3 is 1. The van der Waals surface area contributed by atoms with Crippen LogP contribution in [0.2, 0.25) is 0 Å². The number of urea groups is 1. The van der Waals surface area contributed by atoms with Gasteiger partial charge >= 0.3 is 6.03 Å². The summed E-state index contributed by atoms with van der Waals surface area (Å²) in [5.41, 5.74) is 1.94. The van der Waals surface area contributed by atoms with Crippen LogP contribution in [0, 0.1) is 11.3 Å². The van der Waals surface area contributed by atoms with Gasteiger partial charge in [0.15, 0.2) is 0 Å². The SMILES string of the molecule is COc1ccc(CC(=O)Nc2ccc(C3(NC(=O)CC4NC(=O)NC4=O)CCC3)cc2)c(C#N)c1. The van der Waals surface area contributed by atoms with Crippen molar-refractivity contribution >= 4 is 29.4 Å². The number of nitriles is 1. The van der Waals surface area contributed by atoms with Crippen molar-refractivity contribution in [3.05, 3.63) is 59.2 Å². The molecular weight excluding hydrogens is 450 g/mol. The molecule has 1 unspecified atom stereocenters. The molecule has 1 heterocycles. The molecule has 10 nitrogen and oxygen atoms in total. The Hall–Kier alpha value is -4.39. The molecule has 1 saturated heterocycles. The van der Waals surface area contributed by atoms with E-state index in [-0.39, 0.29) is 24.7 Å². The maximum Gasteiger partial charge on any atom is 0.322 e. The van der Waals surface area contributed by atoms with Gasteiger partial charge in [-0.3, -0.25) is 19.7 Å². The van der Waals surface area contributed by atoms with Crippen LogP contribution >= 0.6 is 0 Å². The van der Waals surface area contributed by atoms with Crippen molar-refractivity contribution in [1.82, 2.24) is 16.0 Å². The summed E-state index contributed by atoms with van der Waals surface area (Å²) in [7, 11) is 1.51. The lowest BCUT2D eigenvalue weighted by atomic mass is 9.71. The Morgan fingerprint density at radius 3 is 2.46 bits per heavy atom. The van der Waals surface area contributed by atoms with Crippen LogP contribution in [0.4, 0.5) is 10.5 Å². The molecule has 2 aromatic carbocycles. The predicted octanol–water partition coefficient (Wildman–Crippen LogP) is 1.84. The van der Waals surface area contributed by atoms with Crippen LogP contribution in [0.25, 0.3) is 0 Å². The molecule has 5 amide bonds. The summed E-state index contributed by atoms with van der Waals surface area (Å²) in [4.78, 5) is 48.1. The average Bonchev–Trinajstić information content (AvgIpc) is 3.13. The largest absolute Gasteiger partial charge is 0.497 e. The third-order valence-electron chi connectivity index (χ3n) is 6.34. The van der Waals surface area contributed by atoms with Gasteiger partial charge in [0.1, 0.15) is 11.8 Å². The van der Waals surface area contributed by atoms with Gasteiger partial charge < -0.3 is 20.7 Å². The van der Waals surface area contributed by atoms with E-state index < -0.39 is 23.5 Å². The number of rotatable bonds is 8. The number of carbonyl (C=O) groups is 4. The fourth-order valence-electron chi connectivity index (χ4n) is 4.31. The second-order valence-corrected chi connectivity index (χ2v) is 8.64. The van der Waals surface area contributed by atoms with Crippen LogP contribution in [-0.4, -0.2) is 36.9 Å². The van der Waals surface area contributed by atoms with Crippen LogP contribution < -0.4 is 26.0 Å². The molecule has 35 heavy (non-hydrogen) atoms. The van der Waals surface area contributed by atoms with Crippen molar-refractivity contribution in [3.63, 3.8) is 0 Å². The van der Waals surface area contributed by atoms with E-state index in [1.54, 1.807) is 30.3 Å².